The Balaban J connectivity index is 1.59. The van der Waals surface area contributed by atoms with Gasteiger partial charge < -0.3 is 4.57 Å². The van der Waals surface area contributed by atoms with Gasteiger partial charge in [0, 0.05) is 49.8 Å². The number of rotatable bonds is 4. The fourth-order valence-electron chi connectivity index (χ4n) is 3.69. The maximum absolute atomic E-state index is 13.2. The molecular formula is C21H22FN3OS. The van der Waals surface area contributed by atoms with Crippen molar-refractivity contribution < 1.29 is 8.60 Å². The van der Waals surface area contributed by atoms with Crippen molar-refractivity contribution in [3.05, 3.63) is 71.3 Å². The van der Waals surface area contributed by atoms with E-state index in [0.717, 1.165) is 53.6 Å². The first-order valence-corrected chi connectivity index (χ1v) is 10.5. The summed E-state index contributed by atoms with van der Waals surface area (Å²) in [6.07, 6.45) is 2.60. The Hall–Kier alpha value is -2.31. The zero-order valence-electron chi connectivity index (χ0n) is 15.5. The van der Waals surface area contributed by atoms with E-state index in [4.69, 9.17) is 4.98 Å². The number of hydrogen-bond acceptors (Lipinski definition) is 3. The summed E-state index contributed by atoms with van der Waals surface area (Å²) in [4.78, 5) is 8.07. The van der Waals surface area contributed by atoms with Gasteiger partial charge in [0.05, 0.1) is 22.2 Å². The molecule has 0 saturated carbocycles. The Labute approximate surface area is 161 Å². The van der Waals surface area contributed by atoms with Crippen LogP contribution in [0.5, 0.6) is 0 Å². The topological polar surface area (TPSA) is 38.1 Å². The van der Waals surface area contributed by atoms with Crippen LogP contribution in [0.3, 0.4) is 0 Å². The molecule has 0 radical (unpaired) electrons. The van der Waals surface area contributed by atoms with Gasteiger partial charge in [-0.25, -0.2) is 9.37 Å². The second-order valence-electron chi connectivity index (χ2n) is 6.92. The second kappa shape index (κ2) is 7.37. The highest BCUT2D eigenvalue weighted by Crippen LogP contribution is 2.27. The zero-order valence-corrected chi connectivity index (χ0v) is 16.3. The highest BCUT2D eigenvalue weighted by molar-refractivity contribution is 7.84. The standard InChI is InChI=1S/C21H22FN3OS/c1-24-19-14-25(13-16-5-3-4-6-20(16)27(2)26)12-11-18(19)23-21(24)15-7-9-17(22)10-8-15/h3-10H,11-14H2,1-2H3. The van der Waals surface area contributed by atoms with Crippen LogP contribution in [0.15, 0.2) is 53.4 Å². The van der Waals surface area contributed by atoms with Crippen molar-refractivity contribution >= 4 is 10.8 Å². The van der Waals surface area contributed by atoms with Gasteiger partial charge in [-0.2, -0.15) is 0 Å². The molecule has 2 heterocycles. The first-order valence-electron chi connectivity index (χ1n) is 8.97. The van der Waals surface area contributed by atoms with Gasteiger partial charge in [-0.1, -0.05) is 18.2 Å². The SMILES string of the molecule is Cn1c(-c2ccc(F)cc2)nc2c1CN(Cc1ccccc1S(C)=O)CC2. The fraction of sp³-hybridized carbons (Fsp3) is 0.286. The third-order valence-corrected chi connectivity index (χ3v) is 6.13. The quantitative estimate of drug-likeness (QED) is 0.692. The number of nitrogens with zero attached hydrogens (tertiary/aromatic N) is 3. The van der Waals surface area contributed by atoms with E-state index in [9.17, 15) is 8.60 Å². The van der Waals surface area contributed by atoms with E-state index in [-0.39, 0.29) is 5.82 Å². The molecule has 1 aromatic heterocycles. The molecular weight excluding hydrogens is 361 g/mol. The summed E-state index contributed by atoms with van der Waals surface area (Å²) in [5.41, 5.74) is 4.34. The third-order valence-electron chi connectivity index (χ3n) is 5.11. The highest BCUT2D eigenvalue weighted by Gasteiger charge is 2.24. The largest absolute Gasteiger partial charge is 0.330 e. The van der Waals surface area contributed by atoms with Crippen molar-refractivity contribution in [2.45, 2.75) is 24.4 Å². The minimum absolute atomic E-state index is 0.240. The van der Waals surface area contributed by atoms with Gasteiger partial charge in [-0.05, 0) is 35.9 Å². The van der Waals surface area contributed by atoms with Crippen molar-refractivity contribution in [3.63, 3.8) is 0 Å². The van der Waals surface area contributed by atoms with Crippen molar-refractivity contribution in [2.75, 3.05) is 12.8 Å². The van der Waals surface area contributed by atoms with Crippen LogP contribution in [0.25, 0.3) is 11.4 Å². The molecule has 1 unspecified atom stereocenters. The minimum atomic E-state index is -0.992. The molecule has 2 aromatic carbocycles. The number of imidazole rings is 1. The highest BCUT2D eigenvalue weighted by atomic mass is 32.2. The van der Waals surface area contributed by atoms with Crippen LogP contribution in [-0.2, 0) is 37.4 Å². The van der Waals surface area contributed by atoms with Gasteiger partial charge in [0.1, 0.15) is 11.6 Å². The van der Waals surface area contributed by atoms with E-state index in [0.29, 0.717) is 0 Å². The van der Waals surface area contributed by atoms with Gasteiger partial charge in [0.15, 0.2) is 0 Å². The summed E-state index contributed by atoms with van der Waals surface area (Å²) >= 11 is 0. The van der Waals surface area contributed by atoms with Crippen LogP contribution >= 0.6 is 0 Å². The average molecular weight is 383 g/mol. The Bertz CT molecular complexity index is 997. The molecule has 140 valence electrons. The maximum Gasteiger partial charge on any atom is 0.140 e. The third kappa shape index (κ3) is 3.59. The first kappa shape index (κ1) is 18.1. The van der Waals surface area contributed by atoms with Crippen LogP contribution in [0, 0.1) is 5.82 Å². The number of fused-ring (bicyclic) bond motifs is 1. The molecule has 0 N–H and O–H groups in total. The number of halogens is 1. The molecule has 27 heavy (non-hydrogen) atoms. The molecule has 6 heteroatoms. The van der Waals surface area contributed by atoms with Gasteiger partial charge >= 0.3 is 0 Å². The monoisotopic (exact) mass is 383 g/mol. The van der Waals surface area contributed by atoms with Crippen molar-refractivity contribution in [1.82, 2.24) is 14.5 Å². The molecule has 0 amide bonds. The lowest BCUT2D eigenvalue weighted by Gasteiger charge is -2.27. The molecule has 0 saturated heterocycles. The molecule has 1 aliphatic rings. The molecule has 4 rings (SSSR count). The van der Waals surface area contributed by atoms with Crippen molar-refractivity contribution in [2.24, 2.45) is 7.05 Å². The van der Waals surface area contributed by atoms with Crippen LogP contribution in [0.2, 0.25) is 0 Å². The minimum Gasteiger partial charge on any atom is -0.330 e. The first-order chi connectivity index (χ1) is 13.0. The predicted octanol–water partition coefficient (Wildman–Crippen LogP) is 3.52. The maximum atomic E-state index is 13.2. The summed E-state index contributed by atoms with van der Waals surface area (Å²) in [5.74, 6) is 0.632. The van der Waals surface area contributed by atoms with Gasteiger partial charge in [0.2, 0.25) is 0 Å². The van der Waals surface area contributed by atoms with E-state index < -0.39 is 10.8 Å². The van der Waals surface area contributed by atoms with Crippen LogP contribution in [-0.4, -0.2) is 31.5 Å². The van der Waals surface area contributed by atoms with E-state index >= 15 is 0 Å². The Morgan fingerprint density at radius 3 is 2.63 bits per heavy atom. The fourth-order valence-corrected chi connectivity index (χ4v) is 4.46. The van der Waals surface area contributed by atoms with Crippen LogP contribution in [0.1, 0.15) is 17.0 Å². The molecule has 3 aromatic rings. The van der Waals surface area contributed by atoms with E-state index in [1.165, 1.54) is 17.8 Å². The molecule has 0 fully saturated rings. The molecule has 0 aliphatic carbocycles. The Kier molecular flexibility index (Phi) is 4.93. The summed E-state index contributed by atoms with van der Waals surface area (Å²) in [5, 5.41) is 0. The molecule has 1 aliphatic heterocycles. The Morgan fingerprint density at radius 2 is 1.89 bits per heavy atom. The zero-order chi connectivity index (χ0) is 19.0. The normalized spacial score (nSPS) is 15.5. The van der Waals surface area contributed by atoms with Crippen molar-refractivity contribution in [1.29, 1.82) is 0 Å². The van der Waals surface area contributed by atoms with Crippen LogP contribution < -0.4 is 0 Å². The molecule has 0 bridgehead atoms. The summed E-state index contributed by atoms with van der Waals surface area (Å²) in [7, 11) is 1.02. The smallest absolute Gasteiger partial charge is 0.140 e. The van der Waals surface area contributed by atoms with Gasteiger partial charge in [0.25, 0.3) is 0 Å². The van der Waals surface area contributed by atoms with E-state index in [1.54, 1.807) is 18.4 Å². The lowest BCUT2D eigenvalue weighted by molar-refractivity contribution is 0.236. The second-order valence-corrected chi connectivity index (χ2v) is 8.27. The van der Waals surface area contributed by atoms with Crippen molar-refractivity contribution in [3.8, 4) is 11.4 Å². The van der Waals surface area contributed by atoms with E-state index in [2.05, 4.69) is 15.5 Å². The lowest BCUT2D eigenvalue weighted by Crippen LogP contribution is -2.31. The van der Waals surface area contributed by atoms with Gasteiger partial charge in [-0.15, -0.1) is 0 Å². The molecule has 0 spiro atoms. The number of benzene rings is 2. The van der Waals surface area contributed by atoms with Gasteiger partial charge in [-0.3, -0.25) is 9.11 Å². The molecule has 1 atom stereocenters. The van der Waals surface area contributed by atoms with E-state index in [1.807, 2.05) is 25.2 Å². The Morgan fingerprint density at radius 1 is 1.15 bits per heavy atom. The summed E-state index contributed by atoms with van der Waals surface area (Å²) < 4.78 is 27.3. The summed E-state index contributed by atoms with van der Waals surface area (Å²) in [6, 6.07) is 14.4. The molecule has 4 nitrogen and oxygen atoms in total. The number of hydrogen-bond donors (Lipinski definition) is 0. The predicted molar refractivity (Wildman–Crippen MR) is 105 cm³/mol. The lowest BCUT2D eigenvalue weighted by atomic mass is 10.1. The van der Waals surface area contributed by atoms with Crippen LogP contribution in [0.4, 0.5) is 4.39 Å². The number of aromatic nitrogens is 2. The average Bonchev–Trinajstić information content (AvgIpc) is 2.99. The summed E-state index contributed by atoms with van der Waals surface area (Å²) in [6.45, 7) is 2.48.